The summed E-state index contributed by atoms with van der Waals surface area (Å²) < 4.78 is 7.87. The molecule has 2 nitrogen and oxygen atoms in total. The summed E-state index contributed by atoms with van der Waals surface area (Å²) in [6, 6.07) is 8.80. The molecule has 0 fully saturated rings. The van der Waals surface area contributed by atoms with Gasteiger partial charge in [-0.2, -0.15) is 0 Å². The molecular weight excluding hydrogens is 405 g/mol. The van der Waals surface area contributed by atoms with Crippen molar-refractivity contribution >= 4 is 44.2 Å². The highest BCUT2D eigenvalue weighted by molar-refractivity contribution is 14.1. The molecule has 18 heavy (non-hydrogen) atoms. The minimum atomic E-state index is 0.363. The van der Waals surface area contributed by atoms with Crippen molar-refractivity contribution in [3.8, 4) is 0 Å². The SMILES string of the molecule is Brc1ccc(I)cc1NC1CCCc2occc21. The first-order valence-electron chi connectivity index (χ1n) is 6.02. The molecule has 1 aromatic carbocycles. The first-order chi connectivity index (χ1) is 8.74. The van der Waals surface area contributed by atoms with Gasteiger partial charge < -0.3 is 9.73 Å². The van der Waals surface area contributed by atoms with Gasteiger partial charge in [0.15, 0.2) is 0 Å². The van der Waals surface area contributed by atoms with E-state index in [-0.39, 0.29) is 0 Å². The predicted molar refractivity (Wildman–Crippen MR) is 84.9 cm³/mol. The summed E-state index contributed by atoms with van der Waals surface area (Å²) in [6.07, 6.45) is 5.20. The molecule has 1 N–H and O–H groups in total. The molecule has 94 valence electrons. The lowest BCUT2D eigenvalue weighted by Crippen LogP contribution is -2.16. The van der Waals surface area contributed by atoms with E-state index in [0.717, 1.165) is 28.8 Å². The number of benzene rings is 1. The van der Waals surface area contributed by atoms with E-state index in [1.54, 1.807) is 6.26 Å². The number of aryl methyl sites for hydroxylation is 1. The summed E-state index contributed by atoms with van der Waals surface area (Å²) in [6.45, 7) is 0. The summed E-state index contributed by atoms with van der Waals surface area (Å²) in [7, 11) is 0. The van der Waals surface area contributed by atoms with Gasteiger partial charge in [0.05, 0.1) is 12.3 Å². The Morgan fingerprint density at radius 1 is 1.33 bits per heavy atom. The van der Waals surface area contributed by atoms with Gasteiger partial charge in [-0.05, 0) is 75.6 Å². The number of halogens is 2. The van der Waals surface area contributed by atoms with Crippen molar-refractivity contribution in [3.05, 3.63) is 49.9 Å². The zero-order valence-electron chi connectivity index (χ0n) is 9.75. The second-order valence-electron chi connectivity index (χ2n) is 4.51. The molecule has 0 spiro atoms. The second-order valence-corrected chi connectivity index (χ2v) is 6.61. The molecule has 0 aliphatic heterocycles. The summed E-state index contributed by atoms with van der Waals surface area (Å²) in [5, 5.41) is 3.62. The maximum Gasteiger partial charge on any atom is 0.109 e. The summed E-state index contributed by atoms with van der Waals surface area (Å²) in [5.41, 5.74) is 2.47. The number of hydrogen-bond donors (Lipinski definition) is 1. The second kappa shape index (κ2) is 5.25. The number of hydrogen-bond acceptors (Lipinski definition) is 2. The van der Waals surface area contributed by atoms with Crippen LogP contribution < -0.4 is 5.32 Å². The van der Waals surface area contributed by atoms with Gasteiger partial charge in [-0.3, -0.25) is 0 Å². The quantitative estimate of drug-likeness (QED) is 0.684. The molecule has 1 aromatic heterocycles. The van der Waals surface area contributed by atoms with Gasteiger partial charge >= 0.3 is 0 Å². The van der Waals surface area contributed by atoms with Gasteiger partial charge in [0, 0.05) is 25.7 Å². The van der Waals surface area contributed by atoms with Crippen LogP contribution in [0.2, 0.25) is 0 Å². The van der Waals surface area contributed by atoms with Crippen molar-refractivity contribution < 1.29 is 4.42 Å². The Labute approximate surface area is 128 Å². The van der Waals surface area contributed by atoms with E-state index in [1.807, 2.05) is 0 Å². The number of furan rings is 1. The van der Waals surface area contributed by atoms with Crippen LogP contribution in [0.25, 0.3) is 0 Å². The van der Waals surface area contributed by atoms with E-state index in [9.17, 15) is 0 Å². The van der Waals surface area contributed by atoms with Crippen LogP contribution in [0.4, 0.5) is 5.69 Å². The maximum atomic E-state index is 5.52. The zero-order valence-corrected chi connectivity index (χ0v) is 13.5. The van der Waals surface area contributed by atoms with Gasteiger partial charge in [0.25, 0.3) is 0 Å². The lowest BCUT2D eigenvalue weighted by Gasteiger charge is -2.24. The van der Waals surface area contributed by atoms with E-state index in [1.165, 1.54) is 15.6 Å². The number of rotatable bonds is 2. The van der Waals surface area contributed by atoms with Crippen molar-refractivity contribution in [1.29, 1.82) is 0 Å². The van der Waals surface area contributed by atoms with Gasteiger partial charge in [-0.1, -0.05) is 0 Å². The van der Waals surface area contributed by atoms with Crippen LogP contribution in [0.3, 0.4) is 0 Å². The van der Waals surface area contributed by atoms with E-state index in [0.29, 0.717) is 6.04 Å². The summed E-state index contributed by atoms with van der Waals surface area (Å²) in [5.74, 6) is 1.14. The minimum Gasteiger partial charge on any atom is -0.469 e. The van der Waals surface area contributed by atoms with Crippen LogP contribution in [0, 0.1) is 3.57 Å². The first-order valence-corrected chi connectivity index (χ1v) is 7.89. The third kappa shape index (κ3) is 2.45. The van der Waals surface area contributed by atoms with E-state index in [4.69, 9.17) is 4.42 Å². The molecule has 1 aliphatic carbocycles. The largest absolute Gasteiger partial charge is 0.469 e. The molecule has 2 aromatic rings. The Balaban J connectivity index is 1.88. The van der Waals surface area contributed by atoms with Crippen molar-refractivity contribution in [3.63, 3.8) is 0 Å². The van der Waals surface area contributed by atoms with Crippen LogP contribution in [-0.4, -0.2) is 0 Å². The smallest absolute Gasteiger partial charge is 0.109 e. The van der Waals surface area contributed by atoms with Crippen molar-refractivity contribution in [1.82, 2.24) is 0 Å². The molecule has 1 unspecified atom stereocenters. The molecular formula is C14H13BrINO. The Kier molecular flexibility index (Phi) is 3.66. The average molecular weight is 418 g/mol. The Bertz CT molecular complexity index is 567. The van der Waals surface area contributed by atoms with Crippen molar-refractivity contribution in [2.45, 2.75) is 25.3 Å². The predicted octanol–water partition coefficient (Wildman–Crippen LogP) is 5.14. The molecule has 0 saturated carbocycles. The molecule has 0 radical (unpaired) electrons. The van der Waals surface area contributed by atoms with Crippen LogP contribution in [0.5, 0.6) is 0 Å². The fourth-order valence-corrected chi connectivity index (χ4v) is 3.28. The molecule has 1 aliphatic rings. The molecule has 4 heteroatoms. The zero-order chi connectivity index (χ0) is 12.5. The highest BCUT2D eigenvalue weighted by atomic mass is 127. The van der Waals surface area contributed by atoms with Crippen LogP contribution in [0.1, 0.15) is 30.2 Å². The molecule has 0 amide bonds. The van der Waals surface area contributed by atoms with Gasteiger partial charge in [-0.15, -0.1) is 0 Å². The Morgan fingerprint density at radius 2 is 2.22 bits per heavy atom. The van der Waals surface area contributed by atoms with Crippen LogP contribution in [0.15, 0.2) is 39.4 Å². The van der Waals surface area contributed by atoms with Gasteiger partial charge in [0.1, 0.15) is 5.76 Å². The first kappa shape index (κ1) is 12.5. The fraction of sp³-hybridized carbons (Fsp3) is 0.286. The number of fused-ring (bicyclic) bond motifs is 1. The van der Waals surface area contributed by atoms with E-state index < -0.39 is 0 Å². The fourth-order valence-electron chi connectivity index (χ4n) is 2.43. The molecule has 0 saturated heterocycles. The van der Waals surface area contributed by atoms with Crippen molar-refractivity contribution in [2.24, 2.45) is 0 Å². The average Bonchev–Trinajstić information content (AvgIpc) is 2.83. The standard InChI is InChI=1S/C14H13BrINO/c15-11-5-4-9(16)8-13(11)17-12-2-1-3-14-10(12)6-7-18-14/h4-8,12,17H,1-3H2. The highest BCUT2D eigenvalue weighted by Gasteiger charge is 2.22. The molecule has 1 heterocycles. The lowest BCUT2D eigenvalue weighted by molar-refractivity contribution is 0.461. The van der Waals surface area contributed by atoms with E-state index >= 15 is 0 Å². The molecule has 0 bridgehead atoms. The minimum absolute atomic E-state index is 0.363. The van der Waals surface area contributed by atoms with E-state index in [2.05, 4.69) is 68.1 Å². The van der Waals surface area contributed by atoms with Crippen LogP contribution in [-0.2, 0) is 6.42 Å². The monoisotopic (exact) mass is 417 g/mol. The van der Waals surface area contributed by atoms with Gasteiger partial charge in [-0.25, -0.2) is 0 Å². The maximum absolute atomic E-state index is 5.52. The third-order valence-electron chi connectivity index (χ3n) is 3.31. The number of nitrogens with one attached hydrogen (secondary N) is 1. The highest BCUT2D eigenvalue weighted by Crippen LogP contribution is 2.35. The summed E-state index contributed by atoms with van der Waals surface area (Å²) >= 11 is 5.93. The number of anilines is 1. The summed E-state index contributed by atoms with van der Waals surface area (Å²) in [4.78, 5) is 0. The molecule has 3 rings (SSSR count). The van der Waals surface area contributed by atoms with Gasteiger partial charge in [0.2, 0.25) is 0 Å². The molecule has 1 atom stereocenters. The Hall–Kier alpha value is -0.490. The van der Waals surface area contributed by atoms with Crippen LogP contribution >= 0.6 is 38.5 Å². The lowest BCUT2D eigenvalue weighted by atomic mass is 9.93. The van der Waals surface area contributed by atoms with Crippen molar-refractivity contribution in [2.75, 3.05) is 5.32 Å². The normalized spacial score (nSPS) is 18.4. The Morgan fingerprint density at radius 3 is 3.11 bits per heavy atom. The third-order valence-corrected chi connectivity index (χ3v) is 4.67. The topological polar surface area (TPSA) is 25.2 Å².